The summed E-state index contributed by atoms with van der Waals surface area (Å²) in [6, 6.07) is 1.55. The Hall–Kier alpha value is -1.00. The molecule has 1 heterocycles. The molecule has 1 atom stereocenters. The first kappa shape index (κ1) is 15.4. The standard InChI is InChI=1S/C14H16Cl2FNO2/c1-2-20-14-8(3-4-15)5-10(16)13(17)12(14)9-6-11(19)18-7-9/h5,9H,2-4,6-7H2,1H3,(H,18,19). The van der Waals surface area contributed by atoms with Crippen LogP contribution in [0.3, 0.4) is 0 Å². The molecule has 0 aliphatic carbocycles. The number of hydrogen-bond donors (Lipinski definition) is 1. The highest BCUT2D eigenvalue weighted by atomic mass is 35.5. The lowest BCUT2D eigenvalue weighted by Crippen LogP contribution is -2.14. The molecule has 0 aromatic heterocycles. The van der Waals surface area contributed by atoms with Crippen LogP contribution >= 0.6 is 23.2 Å². The van der Waals surface area contributed by atoms with E-state index in [1.54, 1.807) is 6.07 Å². The number of alkyl halides is 1. The molecule has 0 bridgehead atoms. The molecule has 0 spiro atoms. The molecule has 1 aromatic carbocycles. The Bertz CT molecular complexity index is 522. The number of carbonyl (C=O) groups is 1. The maximum atomic E-state index is 14.4. The first-order valence-corrected chi connectivity index (χ1v) is 7.45. The highest BCUT2D eigenvalue weighted by Gasteiger charge is 2.31. The van der Waals surface area contributed by atoms with Gasteiger partial charge in [0.1, 0.15) is 11.6 Å². The van der Waals surface area contributed by atoms with Crippen molar-refractivity contribution in [2.75, 3.05) is 19.0 Å². The third-order valence-corrected chi connectivity index (χ3v) is 3.79. The maximum Gasteiger partial charge on any atom is 0.220 e. The number of rotatable bonds is 5. The topological polar surface area (TPSA) is 38.3 Å². The molecule has 1 saturated heterocycles. The predicted molar refractivity (Wildman–Crippen MR) is 77.4 cm³/mol. The lowest BCUT2D eigenvalue weighted by atomic mass is 9.93. The van der Waals surface area contributed by atoms with E-state index in [1.165, 1.54) is 0 Å². The first-order valence-electron chi connectivity index (χ1n) is 6.54. The summed E-state index contributed by atoms with van der Waals surface area (Å²) in [7, 11) is 0. The number of benzene rings is 1. The van der Waals surface area contributed by atoms with Gasteiger partial charge < -0.3 is 10.1 Å². The molecule has 1 amide bonds. The van der Waals surface area contributed by atoms with E-state index < -0.39 is 5.82 Å². The summed E-state index contributed by atoms with van der Waals surface area (Å²) in [4.78, 5) is 11.4. The molecule has 110 valence electrons. The number of aryl methyl sites for hydroxylation is 1. The molecule has 1 fully saturated rings. The highest BCUT2D eigenvalue weighted by Crippen LogP contribution is 2.39. The average molecular weight is 320 g/mol. The fourth-order valence-electron chi connectivity index (χ4n) is 2.46. The Labute approximate surface area is 127 Å². The van der Waals surface area contributed by atoms with Gasteiger partial charge in [-0.1, -0.05) is 11.6 Å². The van der Waals surface area contributed by atoms with Crippen LogP contribution in [0.25, 0.3) is 0 Å². The van der Waals surface area contributed by atoms with Crippen molar-refractivity contribution >= 4 is 29.1 Å². The highest BCUT2D eigenvalue weighted by molar-refractivity contribution is 6.31. The zero-order valence-corrected chi connectivity index (χ0v) is 12.7. The number of hydrogen-bond acceptors (Lipinski definition) is 2. The van der Waals surface area contributed by atoms with Gasteiger partial charge in [0.2, 0.25) is 5.91 Å². The Kier molecular flexibility index (Phi) is 5.11. The van der Waals surface area contributed by atoms with Crippen LogP contribution in [0.1, 0.15) is 30.4 Å². The van der Waals surface area contributed by atoms with Gasteiger partial charge in [-0.25, -0.2) is 4.39 Å². The summed E-state index contributed by atoms with van der Waals surface area (Å²) in [6.07, 6.45) is 0.787. The van der Waals surface area contributed by atoms with E-state index in [4.69, 9.17) is 27.9 Å². The van der Waals surface area contributed by atoms with Crippen molar-refractivity contribution in [3.8, 4) is 5.75 Å². The van der Waals surface area contributed by atoms with E-state index in [0.29, 0.717) is 36.8 Å². The summed E-state index contributed by atoms with van der Waals surface area (Å²) in [5, 5.41) is 2.75. The van der Waals surface area contributed by atoms with Gasteiger partial charge in [-0.2, -0.15) is 0 Å². The lowest BCUT2D eigenvalue weighted by Gasteiger charge is -2.19. The zero-order valence-electron chi connectivity index (χ0n) is 11.1. The second-order valence-corrected chi connectivity index (χ2v) is 5.44. The number of carbonyl (C=O) groups excluding carboxylic acids is 1. The first-order chi connectivity index (χ1) is 9.58. The molecular formula is C14H16Cl2FNO2. The largest absolute Gasteiger partial charge is 0.493 e. The van der Waals surface area contributed by atoms with Crippen LogP contribution < -0.4 is 10.1 Å². The van der Waals surface area contributed by atoms with Crippen molar-refractivity contribution in [3.63, 3.8) is 0 Å². The molecule has 20 heavy (non-hydrogen) atoms. The van der Waals surface area contributed by atoms with E-state index in [0.717, 1.165) is 5.56 Å². The second-order valence-electron chi connectivity index (χ2n) is 4.65. The quantitative estimate of drug-likeness (QED) is 0.846. The van der Waals surface area contributed by atoms with Crippen LogP contribution in [-0.2, 0) is 11.2 Å². The second kappa shape index (κ2) is 6.64. The van der Waals surface area contributed by atoms with Crippen molar-refractivity contribution in [3.05, 3.63) is 28.0 Å². The van der Waals surface area contributed by atoms with Gasteiger partial charge in [0.25, 0.3) is 0 Å². The van der Waals surface area contributed by atoms with E-state index in [-0.39, 0.29) is 23.3 Å². The average Bonchev–Trinajstić information content (AvgIpc) is 2.82. The van der Waals surface area contributed by atoms with Crippen LogP contribution in [0.4, 0.5) is 4.39 Å². The summed E-state index contributed by atoms with van der Waals surface area (Å²) in [5.41, 5.74) is 1.17. The number of halogens is 3. The van der Waals surface area contributed by atoms with Gasteiger partial charge in [-0.3, -0.25) is 4.79 Å². The number of nitrogens with one attached hydrogen (secondary N) is 1. The van der Waals surface area contributed by atoms with Crippen molar-refractivity contribution in [2.45, 2.75) is 25.7 Å². The van der Waals surface area contributed by atoms with Crippen molar-refractivity contribution in [2.24, 2.45) is 0 Å². The predicted octanol–water partition coefficient (Wildman–Crippen LogP) is 3.26. The summed E-state index contributed by atoms with van der Waals surface area (Å²) < 4.78 is 20.0. The van der Waals surface area contributed by atoms with Crippen LogP contribution in [0.5, 0.6) is 5.75 Å². The summed E-state index contributed by atoms with van der Waals surface area (Å²) >= 11 is 11.7. The van der Waals surface area contributed by atoms with Gasteiger partial charge >= 0.3 is 0 Å². The monoisotopic (exact) mass is 319 g/mol. The molecule has 2 rings (SSSR count). The van der Waals surface area contributed by atoms with Crippen LogP contribution in [0.15, 0.2) is 6.07 Å². The molecule has 0 saturated carbocycles. The SMILES string of the molecule is CCOc1c(CCCl)cc(Cl)c(F)c1C1CNC(=O)C1. The van der Waals surface area contributed by atoms with Crippen LogP contribution in [-0.4, -0.2) is 24.9 Å². The van der Waals surface area contributed by atoms with Gasteiger partial charge in [-0.05, 0) is 25.0 Å². The van der Waals surface area contributed by atoms with Gasteiger partial charge in [-0.15, -0.1) is 11.6 Å². The molecule has 1 aliphatic rings. The molecule has 1 aromatic rings. The minimum atomic E-state index is -0.505. The maximum absolute atomic E-state index is 14.4. The molecule has 1 aliphatic heterocycles. The smallest absolute Gasteiger partial charge is 0.220 e. The summed E-state index contributed by atoms with van der Waals surface area (Å²) in [5.74, 6) is 0.0302. The minimum Gasteiger partial charge on any atom is -0.493 e. The molecule has 0 radical (unpaired) electrons. The number of amides is 1. The Morgan fingerprint density at radius 1 is 1.55 bits per heavy atom. The van der Waals surface area contributed by atoms with E-state index in [1.807, 2.05) is 6.92 Å². The molecular weight excluding hydrogens is 304 g/mol. The van der Waals surface area contributed by atoms with Crippen LogP contribution in [0, 0.1) is 5.82 Å². The molecule has 1 unspecified atom stereocenters. The molecule has 6 heteroatoms. The Morgan fingerprint density at radius 2 is 2.30 bits per heavy atom. The van der Waals surface area contributed by atoms with Gasteiger partial charge in [0, 0.05) is 30.3 Å². The van der Waals surface area contributed by atoms with E-state index >= 15 is 0 Å². The third kappa shape index (κ3) is 3.01. The molecule has 3 nitrogen and oxygen atoms in total. The zero-order chi connectivity index (χ0) is 14.7. The fraction of sp³-hybridized carbons (Fsp3) is 0.500. The van der Waals surface area contributed by atoms with Crippen molar-refractivity contribution in [1.82, 2.24) is 5.32 Å². The van der Waals surface area contributed by atoms with Crippen molar-refractivity contribution < 1.29 is 13.9 Å². The normalized spacial score (nSPS) is 18.2. The number of ether oxygens (including phenoxy) is 1. The van der Waals surface area contributed by atoms with Crippen LogP contribution in [0.2, 0.25) is 5.02 Å². The third-order valence-electron chi connectivity index (χ3n) is 3.32. The van der Waals surface area contributed by atoms with E-state index in [2.05, 4.69) is 5.32 Å². The van der Waals surface area contributed by atoms with Gasteiger partial charge in [0.15, 0.2) is 0 Å². The lowest BCUT2D eigenvalue weighted by molar-refractivity contribution is -0.119. The van der Waals surface area contributed by atoms with Gasteiger partial charge in [0.05, 0.1) is 11.6 Å². The summed E-state index contributed by atoms with van der Waals surface area (Å²) in [6.45, 7) is 2.65. The molecule has 1 N–H and O–H groups in total. The Balaban J connectivity index is 2.52. The minimum absolute atomic E-state index is 0.0444. The fourth-order valence-corrected chi connectivity index (χ4v) is 2.90. The van der Waals surface area contributed by atoms with E-state index in [9.17, 15) is 9.18 Å². The van der Waals surface area contributed by atoms with Crippen molar-refractivity contribution in [1.29, 1.82) is 0 Å². The Morgan fingerprint density at radius 3 is 2.85 bits per heavy atom.